The summed E-state index contributed by atoms with van der Waals surface area (Å²) in [5.74, 6) is -0.529. The Morgan fingerprint density at radius 2 is 1.70 bits per heavy atom. The van der Waals surface area contributed by atoms with Crippen LogP contribution in [0.2, 0.25) is 0 Å². The van der Waals surface area contributed by atoms with E-state index in [-0.39, 0.29) is 11.0 Å². The molecule has 2 aromatic rings. The lowest BCUT2D eigenvalue weighted by molar-refractivity contribution is 0.0697. The fourth-order valence-corrected chi connectivity index (χ4v) is 4.39. The predicted octanol–water partition coefficient (Wildman–Crippen LogP) is 5.25. The second-order valence-electron chi connectivity index (χ2n) is 7.71. The van der Waals surface area contributed by atoms with E-state index in [4.69, 9.17) is 4.42 Å². The van der Waals surface area contributed by atoms with Gasteiger partial charge in [-0.2, -0.15) is 0 Å². The summed E-state index contributed by atoms with van der Waals surface area (Å²) in [5, 5.41) is 10.6. The highest BCUT2D eigenvalue weighted by molar-refractivity contribution is 6.07. The molecule has 0 saturated carbocycles. The number of piperidine rings is 1. The molecule has 0 atom stereocenters. The lowest BCUT2D eigenvalue weighted by Gasteiger charge is -2.29. The molecule has 0 spiro atoms. The quantitative estimate of drug-likeness (QED) is 0.476. The van der Waals surface area contributed by atoms with Crippen LogP contribution in [0.1, 0.15) is 29.6 Å². The Bertz CT molecular complexity index is 1280. The van der Waals surface area contributed by atoms with Crippen molar-refractivity contribution in [1.29, 1.82) is 0 Å². The molecule has 5 rings (SSSR count). The second-order valence-corrected chi connectivity index (χ2v) is 7.71. The maximum absolute atomic E-state index is 12.0. The zero-order chi connectivity index (χ0) is 20.7. The van der Waals surface area contributed by atoms with E-state index in [0.29, 0.717) is 16.9 Å². The molecule has 0 unspecified atom stereocenters. The highest BCUT2D eigenvalue weighted by Gasteiger charge is 2.22. The van der Waals surface area contributed by atoms with Crippen LogP contribution >= 0.6 is 0 Å². The van der Waals surface area contributed by atoms with Crippen LogP contribution in [0, 0.1) is 0 Å². The SMILES string of the molecule is O=C(O)c1ccccc1-c1c2ccc(=O)cc-2oc2cc(N3CCCCC3)ccc12. The number of fused-ring (bicyclic) bond motifs is 2. The number of carboxylic acids is 1. The van der Waals surface area contributed by atoms with Crippen molar-refractivity contribution in [3.05, 3.63) is 76.5 Å². The normalized spacial score (nSPS) is 14.3. The third kappa shape index (κ3) is 3.12. The molecule has 2 heterocycles. The number of aromatic carboxylic acids is 1. The average molecular weight is 399 g/mol. The van der Waals surface area contributed by atoms with Crippen molar-refractivity contribution in [2.75, 3.05) is 18.0 Å². The van der Waals surface area contributed by atoms with Gasteiger partial charge in [-0.25, -0.2) is 4.79 Å². The monoisotopic (exact) mass is 399 g/mol. The van der Waals surface area contributed by atoms with E-state index in [1.807, 2.05) is 18.2 Å². The van der Waals surface area contributed by atoms with Gasteiger partial charge in [0.1, 0.15) is 11.3 Å². The van der Waals surface area contributed by atoms with Crippen molar-refractivity contribution in [1.82, 2.24) is 0 Å². The number of hydrogen-bond acceptors (Lipinski definition) is 4. The first kappa shape index (κ1) is 18.4. The molecule has 2 aliphatic heterocycles. The number of anilines is 1. The van der Waals surface area contributed by atoms with Crippen LogP contribution in [0.3, 0.4) is 0 Å². The highest BCUT2D eigenvalue weighted by Crippen LogP contribution is 2.42. The molecule has 0 bridgehead atoms. The van der Waals surface area contributed by atoms with E-state index >= 15 is 0 Å². The summed E-state index contributed by atoms with van der Waals surface area (Å²) in [6, 6.07) is 17.7. The topological polar surface area (TPSA) is 70.7 Å². The molecule has 30 heavy (non-hydrogen) atoms. The van der Waals surface area contributed by atoms with Crippen molar-refractivity contribution in [3.8, 4) is 22.5 Å². The molecule has 1 fully saturated rings. The maximum atomic E-state index is 12.0. The van der Waals surface area contributed by atoms with Crippen molar-refractivity contribution in [2.24, 2.45) is 0 Å². The molecular weight excluding hydrogens is 378 g/mol. The Kier molecular flexibility index (Phi) is 4.51. The minimum atomic E-state index is -0.988. The Labute approximate surface area is 173 Å². The van der Waals surface area contributed by atoms with Crippen molar-refractivity contribution >= 4 is 22.6 Å². The first-order valence-electron chi connectivity index (χ1n) is 10.2. The van der Waals surface area contributed by atoms with E-state index in [1.165, 1.54) is 31.4 Å². The van der Waals surface area contributed by atoms with Crippen molar-refractivity contribution in [2.45, 2.75) is 19.3 Å². The third-order valence-corrected chi connectivity index (χ3v) is 5.82. The zero-order valence-corrected chi connectivity index (χ0v) is 16.4. The Morgan fingerprint density at radius 3 is 2.50 bits per heavy atom. The molecule has 2 aromatic carbocycles. The minimum Gasteiger partial charge on any atom is -0.478 e. The van der Waals surface area contributed by atoms with Gasteiger partial charge in [0.05, 0.1) is 5.56 Å². The van der Waals surface area contributed by atoms with Gasteiger partial charge < -0.3 is 14.4 Å². The van der Waals surface area contributed by atoms with Crippen LogP contribution in [0.15, 0.2) is 69.9 Å². The lowest BCUT2D eigenvalue weighted by atomic mass is 9.90. The van der Waals surface area contributed by atoms with Gasteiger partial charge in [0, 0.05) is 47.4 Å². The highest BCUT2D eigenvalue weighted by atomic mass is 16.4. The number of carboxylic acid groups (broad SMARTS) is 1. The smallest absolute Gasteiger partial charge is 0.336 e. The number of benzene rings is 3. The zero-order valence-electron chi connectivity index (χ0n) is 16.4. The van der Waals surface area contributed by atoms with Crippen LogP contribution in [0.5, 0.6) is 0 Å². The van der Waals surface area contributed by atoms with Gasteiger partial charge >= 0.3 is 5.97 Å². The molecule has 1 N–H and O–H groups in total. The van der Waals surface area contributed by atoms with Crippen molar-refractivity contribution < 1.29 is 14.3 Å². The molecular formula is C25H21NO4. The van der Waals surface area contributed by atoms with Crippen LogP contribution in [0.25, 0.3) is 33.4 Å². The first-order valence-corrected chi connectivity index (χ1v) is 10.2. The summed E-state index contributed by atoms with van der Waals surface area (Å²) in [4.78, 5) is 26.2. The molecule has 150 valence electrons. The van der Waals surface area contributed by atoms with E-state index in [9.17, 15) is 14.7 Å². The number of nitrogens with zero attached hydrogens (tertiary/aromatic N) is 1. The molecule has 5 nitrogen and oxygen atoms in total. The number of rotatable bonds is 3. The summed E-state index contributed by atoms with van der Waals surface area (Å²) in [5.41, 5.74) is 3.91. The van der Waals surface area contributed by atoms with E-state index in [2.05, 4.69) is 11.0 Å². The first-order chi connectivity index (χ1) is 14.6. The summed E-state index contributed by atoms with van der Waals surface area (Å²) in [7, 11) is 0. The fourth-order valence-electron chi connectivity index (χ4n) is 4.39. The maximum Gasteiger partial charge on any atom is 0.336 e. The molecule has 1 aliphatic carbocycles. The average Bonchev–Trinajstić information content (AvgIpc) is 2.77. The van der Waals surface area contributed by atoms with Gasteiger partial charge in [-0.3, -0.25) is 4.79 Å². The van der Waals surface area contributed by atoms with Gasteiger partial charge in [-0.05, 0) is 55.2 Å². The Hall–Kier alpha value is -3.60. The fraction of sp³-hybridized carbons (Fsp3) is 0.200. The van der Waals surface area contributed by atoms with Gasteiger partial charge in [0.25, 0.3) is 0 Å². The number of carbonyl (C=O) groups is 1. The molecule has 0 amide bonds. The van der Waals surface area contributed by atoms with Crippen molar-refractivity contribution in [3.63, 3.8) is 0 Å². The third-order valence-electron chi connectivity index (χ3n) is 5.82. The summed E-state index contributed by atoms with van der Waals surface area (Å²) < 4.78 is 6.15. The predicted molar refractivity (Wildman–Crippen MR) is 118 cm³/mol. The van der Waals surface area contributed by atoms with E-state index in [0.717, 1.165) is 35.3 Å². The standard InChI is InChI=1S/C25H21NO4/c27-17-9-11-21-23(15-17)30-22-14-16(26-12-4-1-5-13-26)8-10-20(22)24(21)18-6-2-3-7-19(18)25(28)29/h2-3,6-11,14-15H,1,4-5,12-13H2,(H,28,29). The van der Waals surface area contributed by atoms with Gasteiger partial charge in [0.15, 0.2) is 5.43 Å². The largest absolute Gasteiger partial charge is 0.478 e. The Morgan fingerprint density at radius 1 is 0.900 bits per heavy atom. The summed E-state index contributed by atoms with van der Waals surface area (Å²) >= 11 is 0. The second kappa shape index (κ2) is 7.34. The number of hydrogen-bond donors (Lipinski definition) is 1. The summed E-state index contributed by atoms with van der Waals surface area (Å²) in [6.07, 6.45) is 3.59. The minimum absolute atomic E-state index is 0.143. The van der Waals surface area contributed by atoms with Gasteiger partial charge in [-0.1, -0.05) is 18.2 Å². The molecule has 3 aliphatic rings. The molecule has 5 heteroatoms. The lowest BCUT2D eigenvalue weighted by Crippen LogP contribution is -2.29. The summed E-state index contributed by atoms with van der Waals surface area (Å²) in [6.45, 7) is 2.02. The van der Waals surface area contributed by atoms with Gasteiger partial charge in [-0.15, -0.1) is 0 Å². The van der Waals surface area contributed by atoms with Crippen LogP contribution in [-0.2, 0) is 0 Å². The molecule has 1 saturated heterocycles. The van der Waals surface area contributed by atoms with Crippen LogP contribution < -0.4 is 10.3 Å². The molecule has 0 aromatic heterocycles. The van der Waals surface area contributed by atoms with Crippen LogP contribution in [-0.4, -0.2) is 24.2 Å². The Balaban J connectivity index is 1.82. The van der Waals surface area contributed by atoms with E-state index in [1.54, 1.807) is 24.3 Å². The molecule has 0 radical (unpaired) electrons. The van der Waals surface area contributed by atoms with E-state index < -0.39 is 5.97 Å². The van der Waals surface area contributed by atoms with Gasteiger partial charge in [0.2, 0.25) is 0 Å². The van der Waals surface area contributed by atoms with Crippen LogP contribution in [0.4, 0.5) is 5.69 Å².